The quantitative estimate of drug-likeness (QED) is 0.738. The number of hydrogen-bond acceptors (Lipinski definition) is 2. The first-order valence-corrected chi connectivity index (χ1v) is 3.81. The number of benzene rings is 1. The van der Waals surface area contributed by atoms with E-state index >= 15 is 0 Å². The average Bonchev–Trinajstić information content (AvgIpc) is 2.09. The lowest BCUT2D eigenvalue weighted by Gasteiger charge is -2.07. The van der Waals surface area contributed by atoms with Gasteiger partial charge in [-0.2, -0.15) is 8.78 Å². The Morgan fingerprint density at radius 1 is 1.43 bits per heavy atom. The first-order chi connectivity index (χ1) is 6.54. The fraction of sp³-hybridized carbons (Fsp3) is 0.125. The first-order valence-electron chi connectivity index (χ1n) is 3.43. The van der Waals surface area contributed by atoms with E-state index in [4.69, 9.17) is 11.6 Å². The monoisotopic (exact) mass is 224 g/mol. The second-order valence-electron chi connectivity index (χ2n) is 2.30. The molecule has 1 aromatic carbocycles. The van der Waals surface area contributed by atoms with Crippen LogP contribution in [-0.2, 0) is 0 Å². The largest absolute Gasteiger partial charge is 0.433 e. The van der Waals surface area contributed by atoms with E-state index in [-0.39, 0.29) is 16.9 Å². The lowest BCUT2D eigenvalue weighted by molar-refractivity contribution is -0.0499. The van der Waals surface area contributed by atoms with Crippen molar-refractivity contribution in [3.8, 4) is 5.75 Å². The van der Waals surface area contributed by atoms with Gasteiger partial charge in [0.15, 0.2) is 6.29 Å². The number of carbonyl (C=O) groups is 1. The number of alkyl halides is 2. The van der Waals surface area contributed by atoms with E-state index in [0.29, 0.717) is 6.07 Å². The number of halogens is 4. The molecule has 2 nitrogen and oxygen atoms in total. The van der Waals surface area contributed by atoms with Gasteiger partial charge < -0.3 is 4.74 Å². The minimum absolute atomic E-state index is 0.234. The highest BCUT2D eigenvalue weighted by molar-refractivity contribution is 6.34. The summed E-state index contributed by atoms with van der Waals surface area (Å²) in [6.45, 7) is -3.12. The maximum absolute atomic E-state index is 12.7. The Morgan fingerprint density at radius 2 is 2.07 bits per heavy atom. The highest BCUT2D eigenvalue weighted by atomic mass is 35.5. The molecule has 0 amide bonds. The summed E-state index contributed by atoms with van der Waals surface area (Å²) in [5.41, 5.74) is -0.234. The Morgan fingerprint density at radius 3 is 2.57 bits per heavy atom. The number of rotatable bonds is 3. The van der Waals surface area contributed by atoms with E-state index in [1.54, 1.807) is 0 Å². The predicted molar refractivity (Wildman–Crippen MR) is 43.4 cm³/mol. The van der Waals surface area contributed by atoms with Crippen LogP contribution in [0.15, 0.2) is 12.1 Å². The molecule has 6 heteroatoms. The molecule has 0 saturated carbocycles. The van der Waals surface area contributed by atoms with Gasteiger partial charge in [0.05, 0.1) is 5.02 Å². The second-order valence-corrected chi connectivity index (χ2v) is 2.68. The van der Waals surface area contributed by atoms with Crippen molar-refractivity contribution in [2.75, 3.05) is 0 Å². The van der Waals surface area contributed by atoms with E-state index in [9.17, 15) is 18.0 Å². The van der Waals surface area contributed by atoms with Crippen LogP contribution in [-0.4, -0.2) is 12.9 Å². The highest BCUT2D eigenvalue weighted by Crippen LogP contribution is 2.29. The van der Waals surface area contributed by atoms with Crippen molar-refractivity contribution >= 4 is 17.9 Å². The predicted octanol–water partition coefficient (Wildman–Crippen LogP) is 2.89. The minimum atomic E-state index is -3.12. The Balaban J connectivity index is 3.15. The molecule has 0 bridgehead atoms. The first kappa shape index (κ1) is 10.8. The zero-order chi connectivity index (χ0) is 10.7. The van der Waals surface area contributed by atoms with Gasteiger partial charge in [0.2, 0.25) is 0 Å². The standard InChI is InChI=1S/C8H4ClF3O2/c9-7-4(3-13)1-5(10)2-6(7)14-8(11)12/h1-3,8H. The lowest BCUT2D eigenvalue weighted by Crippen LogP contribution is -2.03. The molecule has 0 aromatic heterocycles. The molecule has 0 aliphatic carbocycles. The smallest absolute Gasteiger partial charge is 0.387 e. The van der Waals surface area contributed by atoms with Crippen LogP contribution in [0.25, 0.3) is 0 Å². The molecule has 1 rings (SSSR count). The van der Waals surface area contributed by atoms with E-state index < -0.39 is 18.2 Å². The molecule has 0 N–H and O–H groups in total. The fourth-order valence-corrected chi connectivity index (χ4v) is 1.05. The molecule has 0 spiro atoms. The molecule has 0 aliphatic rings. The van der Waals surface area contributed by atoms with Crippen LogP contribution in [0.1, 0.15) is 10.4 Å². The van der Waals surface area contributed by atoms with Gasteiger partial charge in [-0.25, -0.2) is 4.39 Å². The molecule has 0 unspecified atom stereocenters. The third-order valence-corrected chi connectivity index (χ3v) is 1.78. The molecule has 1 aromatic rings. The molecule has 0 radical (unpaired) electrons. The highest BCUT2D eigenvalue weighted by Gasteiger charge is 2.13. The molecule has 0 heterocycles. The van der Waals surface area contributed by atoms with Crippen LogP contribution in [0.3, 0.4) is 0 Å². The Bertz CT molecular complexity index is 355. The molecular formula is C8H4ClF3O2. The van der Waals surface area contributed by atoms with Crippen LogP contribution in [0, 0.1) is 5.82 Å². The SMILES string of the molecule is O=Cc1cc(F)cc(OC(F)F)c1Cl. The molecule has 0 atom stereocenters. The maximum atomic E-state index is 12.7. The lowest BCUT2D eigenvalue weighted by atomic mass is 10.2. The van der Waals surface area contributed by atoms with E-state index in [1.165, 1.54) is 0 Å². The number of hydrogen-bond donors (Lipinski definition) is 0. The van der Waals surface area contributed by atoms with Crippen LogP contribution in [0.4, 0.5) is 13.2 Å². The van der Waals surface area contributed by atoms with Crippen LogP contribution < -0.4 is 4.74 Å². The normalized spacial score (nSPS) is 10.4. The van der Waals surface area contributed by atoms with Crippen molar-refractivity contribution in [1.82, 2.24) is 0 Å². The summed E-state index contributed by atoms with van der Waals surface area (Å²) in [7, 11) is 0. The number of carbonyl (C=O) groups excluding carboxylic acids is 1. The van der Waals surface area contributed by atoms with E-state index in [2.05, 4.69) is 4.74 Å². The van der Waals surface area contributed by atoms with Gasteiger partial charge in [-0.05, 0) is 6.07 Å². The average molecular weight is 225 g/mol. The third kappa shape index (κ3) is 2.38. The summed E-state index contributed by atoms with van der Waals surface area (Å²) >= 11 is 5.47. The van der Waals surface area contributed by atoms with Gasteiger partial charge in [0.1, 0.15) is 11.6 Å². The van der Waals surface area contributed by atoms with Gasteiger partial charge in [-0.1, -0.05) is 11.6 Å². The molecule has 0 aliphatic heterocycles. The van der Waals surface area contributed by atoms with Gasteiger partial charge in [-0.3, -0.25) is 4.79 Å². The molecule has 14 heavy (non-hydrogen) atoms. The van der Waals surface area contributed by atoms with Gasteiger partial charge in [0.25, 0.3) is 0 Å². The second kappa shape index (κ2) is 4.32. The minimum Gasteiger partial charge on any atom is -0.433 e. The maximum Gasteiger partial charge on any atom is 0.387 e. The van der Waals surface area contributed by atoms with Crippen LogP contribution in [0.2, 0.25) is 5.02 Å². The van der Waals surface area contributed by atoms with Crippen molar-refractivity contribution in [2.45, 2.75) is 6.61 Å². The molecular weight excluding hydrogens is 221 g/mol. The zero-order valence-electron chi connectivity index (χ0n) is 6.64. The number of aldehydes is 1. The fourth-order valence-electron chi connectivity index (χ4n) is 0.852. The van der Waals surface area contributed by atoms with E-state index in [0.717, 1.165) is 6.07 Å². The van der Waals surface area contributed by atoms with Crippen molar-refractivity contribution < 1.29 is 22.7 Å². The molecule has 76 valence electrons. The van der Waals surface area contributed by atoms with Crippen molar-refractivity contribution in [1.29, 1.82) is 0 Å². The summed E-state index contributed by atoms with van der Waals surface area (Å²) in [5, 5.41) is -0.332. The molecule has 0 saturated heterocycles. The van der Waals surface area contributed by atoms with E-state index in [1.807, 2.05) is 0 Å². The number of ether oxygens (including phenoxy) is 1. The van der Waals surface area contributed by atoms with Crippen molar-refractivity contribution in [2.24, 2.45) is 0 Å². The summed E-state index contributed by atoms with van der Waals surface area (Å²) < 4.78 is 40.2. The Hall–Kier alpha value is -1.23. The molecule has 0 fully saturated rings. The summed E-state index contributed by atoms with van der Waals surface area (Å²) in [5.74, 6) is -1.42. The van der Waals surface area contributed by atoms with Gasteiger partial charge in [0, 0.05) is 11.6 Å². The summed E-state index contributed by atoms with van der Waals surface area (Å²) in [6.07, 6.45) is 0.254. The third-order valence-electron chi connectivity index (χ3n) is 1.38. The zero-order valence-corrected chi connectivity index (χ0v) is 7.39. The van der Waals surface area contributed by atoms with Crippen LogP contribution in [0.5, 0.6) is 5.75 Å². The Kier molecular flexibility index (Phi) is 3.35. The van der Waals surface area contributed by atoms with Gasteiger partial charge in [-0.15, -0.1) is 0 Å². The summed E-state index contributed by atoms with van der Waals surface area (Å²) in [6, 6.07) is 1.51. The topological polar surface area (TPSA) is 26.3 Å². The van der Waals surface area contributed by atoms with Crippen molar-refractivity contribution in [3.63, 3.8) is 0 Å². The van der Waals surface area contributed by atoms with Gasteiger partial charge >= 0.3 is 6.61 Å². The summed E-state index contributed by atoms with van der Waals surface area (Å²) in [4.78, 5) is 10.3. The van der Waals surface area contributed by atoms with Crippen molar-refractivity contribution in [3.05, 3.63) is 28.5 Å². The van der Waals surface area contributed by atoms with Crippen LogP contribution >= 0.6 is 11.6 Å². The Labute approximate surface area is 82.2 Å².